The van der Waals surface area contributed by atoms with Crippen molar-refractivity contribution in [3.05, 3.63) is 48.5 Å². The third kappa shape index (κ3) is 3.98. The second kappa shape index (κ2) is 7.37. The third-order valence-corrected chi connectivity index (χ3v) is 3.87. The molecule has 0 spiro atoms. The van der Waals surface area contributed by atoms with Gasteiger partial charge >= 0.3 is 0 Å². The molecule has 1 aromatic carbocycles. The molecule has 4 rings (SSSR count). The van der Waals surface area contributed by atoms with Crippen LogP contribution < -0.4 is 5.32 Å². The maximum absolute atomic E-state index is 5.34. The Labute approximate surface area is 144 Å². The molecule has 0 bridgehead atoms. The fourth-order valence-corrected chi connectivity index (χ4v) is 2.55. The molecule has 0 saturated carbocycles. The maximum atomic E-state index is 5.34. The average molecular weight is 338 g/mol. The first-order chi connectivity index (χ1) is 12.4. The van der Waals surface area contributed by atoms with Crippen molar-refractivity contribution in [2.45, 2.75) is 6.54 Å². The van der Waals surface area contributed by atoms with E-state index in [-0.39, 0.29) is 0 Å². The van der Waals surface area contributed by atoms with Gasteiger partial charge in [-0.05, 0) is 12.1 Å². The van der Waals surface area contributed by atoms with Gasteiger partial charge in [0.25, 0.3) is 5.89 Å². The van der Waals surface area contributed by atoms with Gasteiger partial charge < -0.3 is 14.6 Å². The zero-order valence-electron chi connectivity index (χ0n) is 13.6. The first kappa shape index (κ1) is 15.7. The first-order valence-corrected chi connectivity index (χ1v) is 8.14. The van der Waals surface area contributed by atoms with Gasteiger partial charge in [0.1, 0.15) is 0 Å². The number of rotatable bonds is 5. The predicted octanol–water partition coefficient (Wildman–Crippen LogP) is 2.10. The molecule has 2 aromatic heterocycles. The molecule has 0 unspecified atom stereocenters. The molecule has 1 saturated heterocycles. The van der Waals surface area contributed by atoms with Crippen LogP contribution in [0.1, 0.15) is 5.82 Å². The predicted molar refractivity (Wildman–Crippen MR) is 91.1 cm³/mol. The van der Waals surface area contributed by atoms with Crippen LogP contribution in [0.25, 0.3) is 11.5 Å². The highest BCUT2D eigenvalue weighted by atomic mass is 16.5. The normalized spacial score (nSPS) is 15.2. The van der Waals surface area contributed by atoms with E-state index in [4.69, 9.17) is 9.26 Å². The Morgan fingerprint density at radius 3 is 2.56 bits per heavy atom. The number of benzene rings is 1. The van der Waals surface area contributed by atoms with Crippen molar-refractivity contribution in [2.75, 3.05) is 31.6 Å². The Hall–Kier alpha value is -2.84. The summed E-state index contributed by atoms with van der Waals surface area (Å²) in [6, 6.07) is 9.76. The maximum Gasteiger partial charge on any atom is 0.261 e. The Kier molecular flexibility index (Phi) is 4.62. The van der Waals surface area contributed by atoms with Gasteiger partial charge in [-0.2, -0.15) is 4.98 Å². The number of hydrogen-bond donors (Lipinski definition) is 1. The van der Waals surface area contributed by atoms with Crippen LogP contribution in [-0.4, -0.2) is 51.3 Å². The van der Waals surface area contributed by atoms with Gasteiger partial charge in [-0.25, -0.2) is 9.97 Å². The number of nitrogens with one attached hydrogen (secondary N) is 1. The lowest BCUT2D eigenvalue weighted by atomic mass is 10.3. The lowest BCUT2D eigenvalue weighted by Crippen LogP contribution is -2.35. The van der Waals surface area contributed by atoms with Crippen molar-refractivity contribution in [1.82, 2.24) is 25.0 Å². The van der Waals surface area contributed by atoms with Gasteiger partial charge in [0.2, 0.25) is 5.95 Å². The van der Waals surface area contributed by atoms with Crippen LogP contribution in [0.4, 0.5) is 11.6 Å². The van der Waals surface area contributed by atoms with E-state index in [0.29, 0.717) is 29.8 Å². The van der Waals surface area contributed by atoms with Crippen molar-refractivity contribution in [2.24, 2.45) is 0 Å². The molecule has 128 valence electrons. The van der Waals surface area contributed by atoms with E-state index in [2.05, 4.69) is 30.3 Å². The van der Waals surface area contributed by atoms with Crippen molar-refractivity contribution in [3.8, 4) is 11.5 Å². The molecule has 1 aliphatic heterocycles. The summed E-state index contributed by atoms with van der Waals surface area (Å²) in [5.41, 5.74) is 1.63. The molecule has 0 aliphatic carbocycles. The van der Waals surface area contributed by atoms with Crippen molar-refractivity contribution in [3.63, 3.8) is 0 Å². The molecule has 8 nitrogen and oxygen atoms in total. The monoisotopic (exact) mass is 338 g/mol. The molecule has 0 radical (unpaired) electrons. The number of aromatic nitrogens is 4. The molecule has 8 heteroatoms. The van der Waals surface area contributed by atoms with Gasteiger partial charge in [0.15, 0.2) is 5.82 Å². The van der Waals surface area contributed by atoms with E-state index in [0.717, 1.165) is 32.0 Å². The van der Waals surface area contributed by atoms with Gasteiger partial charge in [-0.3, -0.25) is 4.90 Å². The Morgan fingerprint density at radius 1 is 1.04 bits per heavy atom. The molecule has 1 N–H and O–H groups in total. The second-order valence-electron chi connectivity index (χ2n) is 5.69. The highest BCUT2D eigenvalue weighted by Crippen LogP contribution is 2.18. The zero-order chi connectivity index (χ0) is 16.9. The fraction of sp³-hybridized carbons (Fsp3) is 0.294. The molecular weight excluding hydrogens is 320 g/mol. The van der Waals surface area contributed by atoms with Crippen LogP contribution in [0.5, 0.6) is 0 Å². The molecule has 1 aliphatic rings. The number of nitrogens with zero attached hydrogens (tertiary/aromatic N) is 5. The highest BCUT2D eigenvalue weighted by Gasteiger charge is 2.15. The minimum atomic E-state index is 0.425. The largest absolute Gasteiger partial charge is 0.379 e. The summed E-state index contributed by atoms with van der Waals surface area (Å²) in [4.78, 5) is 15.3. The van der Waals surface area contributed by atoms with Crippen LogP contribution in [0.3, 0.4) is 0 Å². The highest BCUT2D eigenvalue weighted by molar-refractivity contribution is 5.55. The van der Waals surface area contributed by atoms with E-state index in [1.54, 1.807) is 12.4 Å². The molecule has 0 amide bonds. The van der Waals surface area contributed by atoms with Crippen LogP contribution in [0.2, 0.25) is 0 Å². The Balaban J connectivity index is 1.41. The van der Waals surface area contributed by atoms with Crippen LogP contribution in [-0.2, 0) is 11.3 Å². The molecular formula is C17H18N6O2. The topological polar surface area (TPSA) is 89.2 Å². The van der Waals surface area contributed by atoms with Crippen molar-refractivity contribution in [1.29, 1.82) is 0 Å². The minimum Gasteiger partial charge on any atom is -0.379 e. The SMILES string of the molecule is c1ccc(Nc2ncc(-c3nc(CN4CCOCC4)no3)cn2)cc1. The third-order valence-electron chi connectivity index (χ3n) is 3.87. The summed E-state index contributed by atoms with van der Waals surface area (Å²) in [6.45, 7) is 3.91. The van der Waals surface area contributed by atoms with Crippen LogP contribution >= 0.6 is 0 Å². The van der Waals surface area contributed by atoms with Crippen LogP contribution in [0, 0.1) is 0 Å². The minimum absolute atomic E-state index is 0.425. The summed E-state index contributed by atoms with van der Waals surface area (Å²) in [5.74, 6) is 1.60. The second-order valence-corrected chi connectivity index (χ2v) is 5.69. The quantitative estimate of drug-likeness (QED) is 0.756. The lowest BCUT2D eigenvalue weighted by Gasteiger charge is -2.24. The molecule has 3 heterocycles. The Bertz CT molecular complexity index is 800. The van der Waals surface area contributed by atoms with E-state index >= 15 is 0 Å². The fourth-order valence-electron chi connectivity index (χ4n) is 2.55. The van der Waals surface area contributed by atoms with Crippen molar-refractivity contribution < 1.29 is 9.26 Å². The molecule has 0 atom stereocenters. The Morgan fingerprint density at radius 2 is 1.80 bits per heavy atom. The number of morpholine rings is 1. The molecule has 3 aromatic rings. The summed E-state index contributed by atoms with van der Waals surface area (Å²) >= 11 is 0. The smallest absolute Gasteiger partial charge is 0.261 e. The lowest BCUT2D eigenvalue weighted by molar-refractivity contribution is 0.0327. The van der Waals surface area contributed by atoms with Gasteiger partial charge in [0.05, 0.1) is 25.3 Å². The number of anilines is 2. The van der Waals surface area contributed by atoms with E-state index in [1.165, 1.54) is 0 Å². The van der Waals surface area contributed by atoms with Crippen molar-refractivity contribution >= 4 is 11.6 Å². The van der Waals surface area contributed by atoms with Gasteiger partial charge in [-0.15, -0.1) is 0 Å². The number of ether oxygens (including phenoxy) is 1. The van der Waals surface area contributed by atoms with E-state index < -0.39 is 0 Å². The number of para-hydroxylation sites is 1. The summed E-state index contributed by atoms with van der Waals surface area (Å²) < 4.78 is 10.7. The first-order valence-electron chi connectivity index (χ1n) is 8.14. The standard InChI is InChI=1S/C17H18N6O2/c1-2-4-14(5-3-1)20-17-18-10-13(11-19-17)16-21-15(22-25-16)12-23-6-8-24-9-7-23/h1-5,10-11H,6-9,12H2,(H,18,19,20). The summed E-state index contributed by atoms with van der Waals surface area (Å²) in [6.07, 6.45) is 3.34. The summed E-state index contributed by atoms with van der Waals surface area (Å²) in [7, 11) is 0. The number of hydrogen-bond acceptors (Lipinski definition) is 8. The van der Waals surface area contributed by atoms with E-state index in [1.807, 2.05) is 30.3 Å². The van der Waals surface area contributed by atoms with Gasteiger partial charge in [-0.1, -0.05) is 23.4 Å². The zero-order valence-corrected chi connectivity index (χ0v) is 13.6. The molecule has 1 fully saturated rings. The average Bonchev–Trinajstić information content (AvgIpc) is 3.12. The molecule has 25 heavy (non-hydrogen) atoms. The summed E-state index contributed by atoms with van der Waals surface area (Å²) in [5, 5.41) is 7.17. The van der Waals surface area contributed by atoms with Gasteiger partial charge in [0, 0.05) is 31.2 Å². The van der Waals surface area contributed by atoms with E-state index in [9.17, 15) is 0 Å². The van der Waals surface area contributed by atoms with Crippen LogP contribution in [0.15, 0.2) is 47.2 Å².